The van der Waals surface area contributed by atoms with E-state index in [1.54, 1.807) is 6.08 Å². The molecule has 0 heterocycles. The number of esters is 2. The molecule has 0 aromatic rings. The minimum absolute atomic E-state index is 0.0656. The van der Waals surface area contributed by atoms with E-state index in [0.29, 0.717) is 25.7 Å². The summed E-state index contributed by atoms with van der Waals surface area (Å²) in [4.78, 5) is 46.0. The first-order valence-electron chi connectivity index (χ1n) is 22.7. The maximum atomic E-state index is 12.6. The van der Waals surface area contributed by atoms with Crippen LogP contribution in [0.1, 0.15) is 136 Å². The first-order valence-corrected chi connectivity index (χ1v) is 24.2. The van der Waals surface area contributed by atoms with Gasteiger partial charge in [0, 0.05) is 12.8 Å². The molecular weight excluding hydrogens is 822 g/mol. The molecule has 0 aromatic heterocycles. The largest absolute Gasteiger partial charge is 0.480 e. The average Bonchev–Trinajstić information content (AvgIpc) is 3.25. The first-order chi connectivity index (χ1) is 30.5. The van der Waals surface area contributed by atoms with Crippen LogP contribution >= 0.6 is 7.82 Å². The lowest BCUT2D eigenvalue weighted by Gasteiger charge is -2.20. The van der Waals surface area contributed by atoms with Gasteiger partial charge in [-0.1, -0.05) is 155 Å². The predicted molar refractivity (Wildman–Crippen MR) is 255 cm³/mol. The predicted octanol–water partition coefficient (Wildman–Crippen LogP) is 11.4. The molecule has 0 saturated heterocycles. The van der Waals surface area contributed by atoms with Gasteiger partial charge in [0.2, 0.25) is 0 Å². The summed E-state index contributed by atoms with van der Waals surface area (Å²) < 4.78 is 32.6. The van der Waals surface area contributed by atoms with Crippen LogP contribution in [0.4, 0.5) is 0 Å². The smallest absolute Gasteiger partial charge is 0.472 e. The van der Waals surface area contributed by atoms with Crippen LogP contribution in [0.2, 0.25) is 0 Å². The maximum absolute atomic E-state index is 12.6. The number of ether oxygens (including phenoxy) is 2. The van der Waals surface area contributed by atoms with Crippen LogP contribution in [0.3, 0.4) is 0 Å². The Labute approximate surface area is 378 Å². The number of phosphoric acid groups is 1. The van der Waals surface area contributed by atoms with Gasteiger partial charge in [0.05, 0.1) is 19.3 Å². The van der Waals surface area contributed by atoms with Crippen molar-refractivity contribution in [2.45, 2.75) is 154 Å². The number of nitrogens with two attached hydrogens (primary N) is 1. The second-order valence-corrected chi connectivity index (χ2v) is 16.1. The van der Waals surface area contributed by atoms with E-state index < -0.39 is 63.8 Å². The fourth-order valence-corrected chi connectivity index (χ4v) is 5.99. The molecule has 0 saturated carbocycles. The number of rotatable bonds is 40. The molecule has 0 amide bonds. The Balaban J connectivity index is 4.59. The normalized spacial score (nSPS) is 15.3. The molecule has 0 aliphatic carbocycles. The second-order valence-electron chi connectivity index (χ2n) is 14.6. The quantitative estimate of drug-likeness (QED) is 0.0150. The highest BCUT2D eigenvalue weighted by atomic mass is 31.2. The fraction of sp³-hybridized carbons (Fsp3) is 0.540. The fourth-order valence-electron chi connectivity index (χ4n) is 5.21. The monoisotopic (exact) mass is 900 g/mol. The molecule has 0 aromatic carbocycles. The molecule has 0 aliphatic rings. The third-order valence-electron chi connectivity index (χ3n) is 8.79. The van der Waals surface area contributed by atoms with E-state index in [9.17, 15) is 28.9 Å². The molecule has 2 unspecified atom stereocenters. The topological polar surface area (TPSA) is 192 Å². The van der Waals surface area contributed by atoms with Crippen LogP contribution in [-0.2, 0) is 37.5 Å². The number of carbonyl (C=O) groups excluding carboxylic acids is 2. The number of unbranched alkanes of at least 4 members (excludes halogenated alkanes) is 6. The van der Waals surface area contributed by atoms with Crippen LogP contribution in [0.25, 0.3) is 0 Å². The summed E-state index contributed by atoms with van der Waals surface area (Å²) in [5, 5.41) is 18.7. The number of carboxylic acid groups (broad SMARTS) is 1. The summed E-state index contributed by atoms with van der Waals surface area (Å²) in [5.74, 6) is -2.57. The van der Waals surface area contributed by atoms with Crippen molar-refractivity contribution < 1.29 is 52.6 Å². The number of carbonyl (C=O) groups is 3. The van der Waals surface area contributed by atoms with Gasteiger partial charge < -0.3 is 30.3 Å². The van der Waals surface area contributed by atoms with Crippen molar-refractivity contribution in [1.29, 1.82) is 0 Å². The molecule has 13 heteroatoms. The molecule has 4 atom stereocenters. The van der Waals surface area contributed by atoms with Crippen molar-refractivity contribution in [1.82, 2.24) is 0 Å². The molecule has 0 rings (SSSR count). The minimum atomic E-state index is -4.76. The first kappa shape index (κ1) is 58.8. The van der Waals surface area contributed by atoms with Crippen molar-refractivity contribution in [3.63, 3.8) is 0 Å². The Kier molecular flexibility index (Phi) is 40.3. The Morgan fingerprint density at radius 1 is 0.587 bits per heavy atom. The summed E-state index contributed by atoms with van der Waals surface area (Å²) in [6.07, 6.45) is 54.6. The second kappa shape index (κ2) is 43.1. The number of aliphatic hydroxyl groups is 1. The Morgan fingerprint density at radius 3 is 1.67 bits per heavy atom. The molecule has 0 fully saturated rings. The standard InChI is InChI=1S/C50H78NO11P/c1-3-5-7-8-9-10-11-12-13-14-15-16-17-20-24-27-30-33-37-41-49(54)62-46(43-60-63(57,58)61-44-47(51)50(55)56)42-59-48(53)40-36-32-29-26-23-21-18-19-22-25-28-31-35-39-45(52)38-34-6-4-2/h6,9-10,12-13,15-16,19-24,28-29,31-32,34-35,39,45-47,52H,3-5,7-8,11,14,17-18,25-27,30,33,36-38,40-44,51H2,1-2H3,(H,55,56)(H,57,58)/b10-9-,13-12-,16-15-,22-19-,23-21-,24-20-,31-28+,32-29-,34-6-,39-35+/t45?,46-,47+/m1/s1. The van der Waals surface area contributed by atoms with Crippen LogP contribution in [0, 0.1) is 0 Å². The third kappa shape index (κ3) is 42.9. The van der Waals surface area contributed by atoms with E-state index in [0.717, 1.165) is 64.2 Å². The number of carboxylic acids is 1. The Morgan fingerprint density at radius 2 is 1.11 bits per heavy atom. The van der Waals surface area contributed by atoms with E-state index in [1.807, 2.05) is 54.7 Å². The summed E-state index contributed by atoms with van der Waals surface area (Å²) in [7, 11) is -4.76. The van der Waals surface area contributed by atoms with Gasteiger partial charge in [-0.05, 0) is 89.9 Å². The summed E-state index contributed by atoms with van der Waals surface area (Å²) in [5.41, 5.74) is 5.33. The van der Waals surface area contributed by atoms with E-state index in [4.69, 9.17) is 24.8 Å². The van der Waals surface area contributed by atoms with Gasteiger partial charge in [0.25, 0.3) is 0 Å². The molecule has 354 valence electrons. The molecular formula is C50H78NO11P. The number of phosphoric ester groups is 1. The van der Waals surface area contributed by atoms with E-state index in [-0.39, 0.29) is 12.8 Å². The minimum Gasteiger partial charge on any atom is -0.480 e. The number of allylic oxidation sites excluding steroid dienone is 18. The van der Waals surface area contributed by atoms with Crippen molar-refractivity contribution >= 4 is 25.7 Å². The summed E-state index contributed by atoms with van der Waals surface area (Å²) >= 11 is 0. The molecule has 0 spiro atoms. The SMILES string of the molecule is CC/C=C\CC(O)/C=C/C=C/C/C=C\C/C=C\C/C=C\CCC(=O)OC[C@H](COP(=O)(O)OC[C@H](N)C(=O)O)OC(=O)CCCCC/C=C\C/C=C\C/C=C\C/C=C\CCCCC. The third-order valence-corrected chi connectivity index (χ3v) is 9.74. The van der Waals surface area contributed by atoms with Crippen molar-refractivity contribution in [2.75, 3.05) is 19.8 Å². The molecule has 12 nitrogen and oxygen atoms in total. The van der Waals surface area contributed by atoms with Gasteiger partial charge in [-0.15, -0.1) is 0 Å². The zero-order valence-electron chi connectivity index (χ0n) is 38.0. The number of hydrogen-bond acceptors (Lipinski definition) is 10. The molecule has 63 heavy (non-hydrogen) atoms. The van der Waals surface area contributed by atoms with Crippen LogP contribution in [0.5, 0.6) is 0 Å². The average molecular weight is 900 g/mol. The lowest BCUT2D eigenvalue weighted by molar-refractivity contribution is -0.161. The molecule has 5 N–H and O–H groups in total. The van der Waals surface area contributed by atoms with Gasteiger partial charge in [-0.25, -0.2) is 4.57 Å². The van der Waals surface area contributed by atoms with Gasteiger partial charge >= 0.3 is 25.7 Å². The lowest BCUT2D eigenvalue weighted by atomic mass is 10.1. The highest BCUT2D eigenvalue weighted by Gasteiger charge is 2.28. The summed E-state index contributed by atoms with van der Waals surface area (Å²) in [6, 6.07) is -1.55. The van der Waals surface area contributed by atoms with Crippen LogP contribution in [-0.4, -0.2) is 71.1 Å². The lowest BCUT2D eigenvalue weighted by Crippen LogP contribution is -2.34. The summed E-state index contributed by atoms with van der Waals surface area (Å²) in [6.45, 7) is 2.43. The molecule has 0 bridgehead atoms. The van der Waals surface area contributed by atoms with Crippen LogP contribution < -0.4 is 5.73 Å². The number of aliphatic carboxylic acids is 1. The number of hydrogen-bond donors (Lipinski definition) is 4. The van der Waals surface area contributed by atoms with Gasteiger partial charge in [0.15, 0.2) is 6.10 Å². The molecule has 0 aliphatic heterocycles. The highest BCUT2D eigenvalue weighted by molar-refractivity contribution is 7.47. The molecule has 0 radical (unpaired) electrons. The van der Waals surface area contributed by atoms with Crippen molar-refractivity contribution in [3.05, 3.63) is 122 Å². The zero-order valence-corrected chi connectivity index (χ0v) is 38.9. The van der Waals surface area contributed by atoms with Crippen molar-refractivity contribution in [2.24, 2.45) is 5.73 Å². The maximum Gasteiger partial charge on any atom is 0.472 e. The van der Waals surface area contributed by atoms with Crippen molar-refractivity contribution in [3.8, 4) is 0 Å². The van der Waals surface area contributed by atoms with Gasteiger partial charge in [-0.2, -0.15) is 0 Å². The van der Waals surface area contributed by atoms with E-state index >= 15 is 0 Å². The van der Waals surface area contributed by atoms with E-state index in [1.165, 1.54) is 19.3 Å². The van der Waals surface area contributed by atoms with Gasteiger partial charge in [0.1, 0.15) is 12.6 Å². The highest BCUT2D eigenvalue weighted by Crippen LogP contribution is 2.43. The van der Waals surface area contributed by atoms with E-state index in [2.05, 4.69) is 79.1 Å². The van der Waals surface area contributed by atoms with Crippen LogP contribution in [0.15, 0.2) is 122 Å². The Bertz CT molecular complexity index is 1540. The zero-order chi connectivity index (χ0) is 46.5. The number of aliphatic hydroxyl groups excluding tert-OH is 1. The Hall–Kier alpha value is -4.16. The van der Waals surface area contributed by atoms with Gasteiger partial charge in [-0.3, -0.25) is 23.4 Å².